The summed E-state index contributed by atoms with van der Waals surface area (Å²) in [5, 5.41) is 23.9. The predicted octanol–water partition coefficient (Wildman–Crippen LogP) is 5.80. The van der Waals surface area contributed by atoms with Crippen LogP contribution in [-0.2, 0) is 29.2 Å². The number of carboxylic acids is 1. The van der Waals surface area contributed by atoms with E-state index in [9.17, 15) is 49.8 Å². The van der Waals surface area contributed by atoms with E-state index in [1.54, 1.807) is 18.2 Å². The molecular weight excluding hydrogens is 628 g/mol. The molecule has 0 amide bonds. The van der Waals surface area contributed by atoms with E-state index in [2.05, 4.69) is 5.32 Å². The molecule has 0 saturated heterocycles. The number of aromatic carboxylic acids is 1. The number of fused-ring (bicyclic) bond motifs is 1. The predicted molar refractivity (Wildman–Crippen MR) is 153 cm³/mol. The second-order valence-corrected chi connectivity index (χ2v) is 12.5. The minimum absolute atomic E-state index is 0.0161. The summed E-state index contributed by atoms with van der Waals surface area (Å²) in [7, 11) is -4.50. The van der Waals surface area contributed by atoms with Crippen LogP contribution in [0.15, 0.2) is 77.7 Å². The molecule has 2 unspecified atom stereocenters. The van der Waals surface area contributed by atoms with E-state index in [1.165, 1.54) is 34.9 Å². The molecule has 1 heterocycles. The van der Waals surface area contributed by atoms with Gasteiger partial charge in [0.05, 0.1) is 16.6 Å². The number of carboxylic acid groups (broad SMARTS) is 1. The lowest BCUT2D eigenvalue weighted by Gasteiger charge is -2.20. The summed E-state index contributed by atoms with van der Waals surface area (Å²) in [5.41, 5.74) is 0.653. The number of aliphatic hydroxyl groups is 1. The van der Waals surface area contributed by atoms with Crippen molar-refractivity contribution in [1.82, 2.24) is 14.2 Å². The van der Waals surface area contributed by atoms with Crippen molar-refractivity contribution in [2.75, 3.05) is 13.6 Å². The highest BCUT2D eigenvalue weighted by molar-refractivity contribution is 7.89. The molecule has 242 valence electrons. The van der Waals surface area contributed by atoms with Crippen LogP contribution in [0.2, 0.25) is 0 Å². The molecule has 0 aliphatic rings. The van der Waals surface area contributed by atoms with Crippen molar-refractivity contribution >= 4 is 26.9 Å². The Morgan fingerprint density at radius 2 is 1.64 bits per heavy atom. The lowest BCUT2D eigenvalue weighted by molar-refractivity contribution is -0.202. The summed E-state index contributed by atoms with van der Waals surface area (Å²) in [4.78, 5) is 11.5. The fourth-order valence-corrected chi connectivity index (χ4v) is 5.99. The molecule has 45 heavy (non-hydrogen) atoms. The standard InChI is InChI=1S/C30H29F6N3O5S/c1-18(37-16-27(40)21-6-4-7-23(14-21)29(31,32)33)11-19-9-10-25-22(12-19)15-26(28(41)42)39(25)17-20-5-3-8-24(13-20)45(43,44)38(2)30(34,35)36/h3-10,12-15,18,27,37,40H,11,16-17H2,1-2H3,(H,41,42). The Morgan fingerprint density at radius 3 is 2.29 bits per heavy atom. The number of aliphatic hydroxyl groups excluding tert-OH is 1. The lowest BCUT2D eigenvalue weighted by Crippen LogP contribution is -2.39. The van der Waals surface area contributed by atoms with Gasteiger partial charge >= 0.3 is 18.4 Å². The number of benzene rings is 3. The topological polar surface area (TPSA) is 112 Å². The van der Waals surface area contributed by atoms with Gasteiger partial charge < -0.3 is 20.1 Å². The Kier molecular flexibility index (Phi) is 9.68. The van der Waals surface area contributed by atoms with E-state index >= 15 is 0 Å². The van der Waals surface area contributed by atoms with E-state index in [1.807, 2.05) is 6.92 Å². The fraction of sp³-hybridized carbons (Fsp3) is 0.300. The van der Waals surface area contributed by atoms with Crippen LogP contribution in [0.25, 0.3) is 10.9 Å². The van der Waals surface area contributed by atoms with E-state index in [0.29, 0.717) is 24.4 Å². The highest BCUT2D eigenvalue weighted by Gasteiger charge is 2.43. The summed E-state index contributed by atoms with van der Waals surface area (Å²) in [6.45, 7) is 1.65. The van der Waals surface area contributed by atoms with Crippen molar-refractivity contribution in [3.05, 3.63) is 101 Å². The zero-order valence-electron chi connectivity index (χ0n) is 23.9. The Labute approximate surface area is 254 Å². The second-order valence-electron chi connectivity index (χ2n) is 10.6. The SMILES string of the molecule is CC(Cc1ccc2c(c1)cc(C(=O)O)n2Cc1cccc(S(=O)(=O)N(C)C(F)(F)F)c1)NCC(O)c1cccc(C(F)(F)F)c1. The van der Waals surface area contributed by atoms with Crippen molar-refractivity contribution in [3.8, 4) is 0 Å². The third-order valence-electron chi connectivity index (χ3n) is 7.24. The van der Waals surface area contributed by atoms with Crippen molar-refractivity contribution in [1.29, 1.82) is 0 Å². The largest absolute Gasteiger partial charge is 0.477 e. The highest BCUT2D eigenvalue weighted by Crippen LogP contribution is 2.31. The molecule has 8 nitrogen and oxygen atoms in total. The molecule has 0 bridgehead atoms. The monoisotopic (exact) mass is 657 g/mol. The normalized spacial score (nSPS) is 14.2. The van der Waals surface area contributed by atoms with Crippen LogP contribution in [0.4, 0.5) is 26.3 Å². The van der Waals surface area contributed by atoms with Crippen LogP contribution in [0.5, 0.6) is 0 Å². The first-order valence-electron chi connectivity index (χ1n) is 13.5. The number of carbonyl (C=O) groups is 1. The number of hydrogen-bond donors (Lipinski definition) is 3. The van der Waals surface area contributed by atoms with Gasteiger partial charge in [-0.05, 0) is 72.5 Å². The van der Waals surface area contributed by atoms with Crippen molar-refractivity contribution in [2.45, 2.75) is 49.4 Å². The number of aromatic nitrogens is 1. The van der Waals surface area contributed by atoms with Gasteiger partial charge in [-0.25, -0.2) is 13.2 Å². The first-order valence-corrected chi connectivity index (χ1v) is 14.9. The molecule has 1 aromatic heterocycles. The maximum atomic E-state index is 13.1. The van der Waals surface area contributed by atoms with Crippen LogP contribution < -0.4 is 5.32 Å². The number of sulfonamides is 1. The molecule has 4 aromatic rings. The molecule has 15 heteroatoms. The van der Waals surface area contributed by atoms with Gasteiger partial charge in [-0.2, -0.15) is 26.3 Å². The Hall–Kier alpha value is -3.92. The fourth-order valence-electron chi connectivity index (χ4n) is 4.85. The van der Waals surface area contributed by atoms with E-state index in [4.69, 9.17) is 0 Å². The molecule has 0 aliphatic carbocycles. The summed E-state index contributed by atoms with van der Waals surface area (Å²) in [5.74, 6) is -1.27. The molecule has 0 radical (unpaired) electrons. The number of rotatable bonds is 11. The minimum Gasteiger partial charge on any atom is -0.477 e. The van der Waals surface area contributed by atoms with Crippen molar-refractivity contribution in [3.63, 3.8) is 0 Å². The Balaban J connectivity index is 1.51. The maximum absolute atomic E-state index is 13.1. The van der Waals surface area contributed by atoms with Gasteiger partial charge in [0.2, 0.25) is 10.0 Å². The smallest absolute Gasteiger partial charge is 0.473 e. The molecule has 3 aromatic carbocycles. The minimum atomic E-state index is -5.13. The molecule has 0 saturated carbocycles. The summed E-state index contributed by atoms with van der Waals surface area (Å²) >= 11 is 0. The molecular formula is C30H29F6N3O5S. The van der Waals surface area contributed by atoms with Gasteiger partial charge in [0, 0.05) is 37.1 Å². The zero-order valence-corrected chi connectivity index (χ0v) is 24.7. The van der Waals surface area contributed by atoms with E-state index in [-0.39, 0.29) is 36.0 Å². The van der Waals surface area contributed by atoms with Gasteiger partial charge in [-0.15, -0.1) is 4.31 Å². The quantitative estimate of drug-likeness (QED) is 0.139. The Morgan fingerprint density at radius 1 is 0.956 bits per heavy atom. The van der Waals surface area contributed by atoms with Gasteiger partial charge in [-0.3, -0.25) is 0 Å². The average molecular weight is 658 g/mol. The molecule has 0 aliphatic heterocycles. The second kappa shape index (κ2) is 12.8. The Bertz CT molecular complexity index is 1800. The van der Waals surface area contributed by atoms with Gasteiger partial charge in [0.1, 0.15) is 5.69 Å². The van der Waals surface area contributed by atoms with Crippen LogP contribution in [0, 0.1) is 0 Å². The maximum Gasteiger partial charge on any atom is 0.473 e. The van der Waals surface area contributed by atoms with E-state index in [0.717, 1.165) is 29.8 Å². The number of halogens is 6. The van der Waals surface area contributed by atoms with Crippen molar-refractivity contribution in [2.24, 2.45) is 0 Å². The van der Waals surface area contributed by atoms with E-state index < -0.39 is 49.3 Å². The number of nitrogens with one attached hydrogen (secondary N) is 1. The van der Waals surface area contributed by atoms with Crippen LogP contribution in [0.3, 0.4) is 0 Å². The first kappa shape index (κ1) is 34.0. The molecule has 3 N–H and O–H groups in total. The van der Waals surface area contributed by atoms with Crippen LogP contribution in [-0.4, -0.2) is 59.4 Å². The summed E-state index contributed by atoms with van der Waals surface area (Å²) < 4.78 is 104. The average Bonchev–Trinajstić information content (AvgIpc) is 3.32. The molecule has 0 spiro atoms. The lowest BCUT2D eigenvalue weighted by atomic mass is 10.0. The summed E-state index contributed by atoms with van der Waals surface area (Å²) in [6.07, 6.45) is -10.4. The first-order chi connectivity index (χ1) is 20.9. The highest BCUT2D eigenvalue weighted by atomic mass is 32.2. The third kappa shape index (κ3) is 7.84. The summed E-state index contributed by atoms with van der Waals surface area (Å²) in [6, 6.07) is 15.6. The van der Waals surface area contributed by atoms with Crippen LogP contribution in [0.1, 0.15) is 45.8 Å². The van der Waals surface area contributed by atoms with Crippen molar-refractivity contribution < 1.29 is 49.8 Å². The molecule has 2 atom stereocenters. The number of alkyl halides is 6. The number of nitrogens with zero attached hydrogens (tertiary/aromatic N) is 2. The van der Waals surface area contributed by atoms with Gasteiger partial charge in [0.25, 0.3) is 0 Å². The number of hydrogen-bond acceptors (Lipinski definition) is 5. The van der Waals surface area contributed by atoms with Gasteiger partial charge in [-0.1, -0.05) is 30.3 Å². The molecule has 0 fully saturated rings. The van der Waals surface area contributed by atoms with Crippen LogP contribution >= 0.6 is 0 Å². The third-order valence-corrected chi connectivity index (χ3v) is 9.02. The molecule has 4 rings (SSSR count). The van der Waals surface area contributed by atoms with Gasteiger partial charge in [0.15, 0.2) is 0 Å². The zero-order chi connectivity index (χ0) is 33.3.